The van der Waals surface area contributed by atoms with E-state index in [2.05, 4.69) is 148 Å². The molecule has 2 atom stereocenters. The number of ether oxygens (including phenoxy) is 4. The molecule has 2 unspecified atom stereocenters. The molecule has 0 saturated heterocycles. The molecule has 0 spiro atoms. The molecule has 0 aliphatic heterocycles. The number of rotatable bonds is 16. The lowest BCUT2D eigenvalue weighted by molar-refractivity contribution is -0.144. The highest BCUT2D eigenvalue weighted by Gasteiger charge is 2.26. The van der Waals surface area contributed by atoms with Gasteiger partial charge in [-0.3, -0.25) is 0 Å². The Balaban J connectivity index is 1.73. The van der Waals surface area contributed by atoms with Gasteiger partial charge in [0.1, 0.15) is 25.4 Å². The van der Waals surface area contributed by atoms with E-state index in [0.29, 0.717) is 5.56 Å². The number of halogens is 6. The number of aromatic carboxylic acids is 2. The third kappa shape index (κ3) is 13.3. The molecule has 3 aromatic rings. The lowest BCUT2D eigenvalue weighted by Crippen LogP contribution is -2.24. The number of carboxylic acid groups (broad SMARTS) is 2. The molecule has 0 radical (unpaired) electrons. The number of benzene rings is 3. The average molecular weight is 1390 g/mol. The van der Waals surface area contributed by atoms with Crippen molar-refractivity contribution in [2.45, 2.75) is 66.0 Å². The zero-order valence-electron chi connectivity index (χ0n) is 28.0. The molecule has 2 N–H and O–H groups in total. The smallest absolute Gasteiger partial charge is 0.337 e. The van der Waals surface area contributed by atoms with Crippen LogP contribution in [-0.4, -0.2) is 46.3 Å². The van der Waals surface area contributed by atoms with Crippen LogP contribution in [0.5, 0.6) is 0 Å². The van der Waals surface area contributed by atoms with E-state index >= 15 is 0 Å². The molecule has 3 aromatic carbocycles. The Morgan fingerprint density at radius 2 is 1.10 bits per heavy atom. The van der Waals surface area contributed by atoms with Crippen molar-refractivity contribution in [2.24, 2.45) is 0 Å². The van der Waals surface area contributed by atoms with E-state index in [1.54, 1.807) is 27.7 Å². The van der Waals surface area contributed by atoms with Gasteiger partial charge in [0.25, 0.3) is 0 Å². The Bertz CT molecular complexity index is 1920. The average Bonchev–Trinajstić information content (AvgIpc) is 3.05. The third-order valence-corrected chi connectivity index (χ3v) is 14.8. The van der Waals surface area contributed by atoms with Crippen LogP contribution in [0.15, 0.2) is 60.1 Å². The van der Waals surface area contributed by atoms with Gasteiger partial charge in [-0.05, 0) is 205 Å². The summed E-state index contributed by atoms with van der Waals surface area (Å²) in [5, 5.41) is 19.9. The van der Waals surface area contributed by atoms with Crippen LogP contribution in [-0.2, 0) is 54.6 Å². The fraction of sp³-hybridized carbons (Fsp3) is 0.278. The molecule has 0 amide bonds. The van der Waals surface area contributed by atoms with Gasteiger partial charge in [-0.2, -0.15) is 0 Å². The summed E-state index contributed by atoms with van der Waals surface area (Å²) in [7, 11) is 0. The second-order valence-electron chi connectivity index (χ2n) is 11.5. The van der Waals surface area contributed by atoms with Crippen molar-refractivity contribution >= 4 is 159 Å². The van der Waals surface area contributed by atoms with Crippen molar-refractivity contribution in [3.05, 3.63) is 115 Å². The fourth-order valence-electron chi connectivity index (χ4n) is 4.81. The minimum absolute atomic E-state index is 0.0675. The van der Waals surface area contributed by atoms with Gasteiger partial charge >= 0.3 is 23.9 Å². The molecule has 10 nitrogen and oxygen atoms in total. The van der Waals surface area contributed by atoms with Crippen LogP contribution in [0, 0.1) is 21.4 Å². The van der Waals surface area contributed by atoms with E-state index in [4.69, 9.17) is 18.9 Å². The first kappa shape index (κ1) is 45.4. The van der Waals surface area contributed by atoms with Crippen molar-refractivity contribution in [3.63, 3.8) is 0 Å². The molecular weight excluding hydrogens is 1350 g/mol. The van der Waals surface area contributed by atoms with Crippen LogP contribution >= 0.6 is 136 Å². The molecule has 52 heavy (non-hydrogen) atoms. The zero-order valence-corrected chi connectivity index (χ0v) is 41.0. The van der Waals surface area contributed by atoms with Crippen LogP contribution in [0.1, 0.15) is 70.7 Å². The summed E-state index contributed by atoms with van der Waals surface area (Å²) in [5.74, 6) is -4.17. The minimum atomic E-state index is -1.45. The summed E-state index contributed by atoms with van der Waals surface area (Å²) in [6.45, 7) is 6.85. The Morgan fingerprint density at radius 1 is 0.654 bits per heavy atom. The second kappa shape index (κ2) is 21.3. The van der Waals surface area contributed by atoms with Gasteiger partial charge in [0.05, 0.1) is 34.8 Å². The summed E-state index contributed by atoms with van der Waals surface area (Å²) in [5.41, 5.74) is 2.13. The van der Waals surface area contributed by atoms with E-state index in [1.807, 2.05) is 12.1 Å². The minimum Gasteiger partial charge on any atom is -0.496 e. The monoisotopic (exact) mass is 1390 g/mol. The van der Waals surface area contributed by atoms with Gasteiger partial charge < -0.3 is 29.2 Å². The van der Waals surface area contributed by atoms with E-state index in [-0.39, 0.29) is 42.8 Å². The predicted octanol–water partition coefficient (Wildman–Crippen LogP) is 9.90. The molecule has 0 bridgehead atoms. The highest BCUT2D eigenvalue weighted by atomic mass is 127. The molecule has 0 heterocycles. The number of esters is 2. The molecule has 0 fully saturated rings. The van der Waals surface area contributed by atoms with E-state index < -0.39 is 47.2 Å². The Kier molecular flexibility index (Phi) is 18.6. The van der Waals surface area contributed by atoms with Crippen molar-refractivity contribution < 1.29 is 48.3 Å². The normalized spacial score (nSPS) is 12.9. The van der Waals surface area contributed by atoms with Crippen LogP contribution in [0.2, 0.25) is 0 Å². The van der Waals surface area contributed by atoms with Gasteiger partial charge in [0, 0.05) is 45.4 Å². The molecule has 0 aliphatic rings. The summed E-state index contributed by atoms with van der Waals surface area (Å²) < 4.78 is 29.1. The topological polar surface area (TPSA) is 146 Å². The van der Waals surface area contributed by atoms with Gasteiger partial charge in [-0.25, -0.2) is 19.2 Å². The van der Waals surface area contributed by atoms with Crippen molar-refractivity contribution in [2.75, 3.05) is 0 Å². The first-order chi connectivity index (χ1) is 24.4. The summed E-state index contributed by atoms with van der Waals surface area (Å²) in [6, 6.07) is 10.8. The largest absolute Gasteiger partial charge is 0.496 e. The number of carboxylic acids is 2. The van der Waals surface area contributed by atoms with Crippen LogP contribution in [0.25, 0.3) is 0 Å². The first-order valence-corrected chi connectivity index (χ1v) is 21.7. The molecule has 16 heteroatoms. The Labute approximate surface area is 383 Å². The quantitative estimate of drug-likeness (QED) is 0.0468. The summed E-state index contributed by atoms with van der Waals surface area (Å²) in [6.07, 6.45) is 1.03. The van der Waals surface area contributed by atoms with Crippen molar-refractivity contribution in [3.8, 4) is 0 Å². The standard InChI is InChI=1S/C36H32I6O10/c1-17(13-49-15-22-9-24(37)11-28(39)31(22)41)35(47)51-19(3)7-21-5-6-26(33(43)44)30(34(45)46)27(21)8-20(4)52-36(48)18(2)14-50-16-23-10-25(38)12-29(40)32(23)42/h5-6,9-14,19-20H,7-8,15-16H2,1-4H3,(H,43,44)(H,45,46). The lowest BCUT2D eigenvalue weighted by Gasteiger charge is -2.21. The Hall–Kier alpha value is -1.000. The number of hydrogen-bond acceptors (Lipinski definition) is 8. The maximum atomic E-state index is 12.9. The van der Waals surface area contributed by atoms with Crippen molar-refractivity contribution in [1.29, 1.82) is 0 Å². The van der Waals surface area contributed by atoms with E-state index in [0.717, 1.165) is 32.5 Å². The maximum absolute atomic E-state index is 12.9. The van der Waals surface area contributed by atoms with Crippen LogP contribution in [0.3, 0.4) is 0 Å². The molecule has 0 aliphatic carbocycles. The van der Waals surface area contributed by atoms with Crippen LogP contribution in [0.4, 0.5) is 0 Å². The molecule has 278 valence electrons. The van der Waals surface area contributed by atoms with Crippen molar-refractivity contribution in [1.82, 2.24) is 0 Å². The number of hydrogen-bond donors (Lipinski definition) is 2. The lowest BCUT2D eigenvalue weighted by atomic mass is 9.89. The maximum Gasteiger partial charge on any atom is 0.337 e. The SMILES string of the molecule is CC(=COCc1cc(I)cc(I)c1I)C(=O)OC(C)Cc1ccc(C(=O)O)c(C(=O)O)c1CC(C)OC(=O)C(C)=COCc1cc(I)cc(I)c1I. The van der Waals surface area contributed by atoms with E-state index in [9.17, 15) is 29.4 Å². The van der Waals surface area contributed by atoms with Gasteiger partial charge in [0.15, 0.2) is 0 Å². The Morgan fingerprint density at radius 3 is 1.52 bits per heavy atom. The summed E-state index contributed by atoms with van der Waals surface area (Å²) in [4.78, 5) is 50.3. The molecule has 0 saturated carbocycles. The predicted molar refractivity (Wildman–Crippen MR) is 245 cm³/mol. The summed E-state index contributed by atoms with van der Waals surface area (Å²) >= 11 is 13.5. The first-order valence-electron chi connectivity index (χ1n) is 15.3. The van der Waals surface area contributed by atoms with E-state index in [1.165, 1.54) is 24.7 Å². The molecule has 3 rings (SSSR count). The highest BCUT2D eigenvalue weighted by molar-refractivity contribution is 14.1. The van der Waals surface area contributed by atoms with Gasteiger partial charge in [-0.15, -0.1) is 0 Å². The number of carbonyl (C=O) groups is 4. The van der Waals surface area contributed by atoms with Gasteiger partial charge in [0.2, 0.25) is 0 Å². The van der Waals surface area contributed by atoms with Gasteiger partial charge in [-0.1, -0.05) is 6.07 Å². The van der Waals surface area contributed by atoms with Crippen LogP contribution < -0.4 is 0 Å². The number of carbonyl (C=O) groups excluding carboxylic acids is 2. The zero-order chi connectivity index (χ0) is 38.9. The third-order valence-electron chi connectivity index (χ3n) is 7.25. The fourth-order valence-corrected chi connectivity index (χ4v) is 9.67. The second-order valence-corrected chi connectivity index (χ2v) is 18.5. The molecular formula is C36H32I6O10. The molecule has 0 aromatic heterocycles. The highest BCUT2D eigenvalue weighted by Crippen LogP contribution is 2.27.